The number of ether oxygens (including phenoxy) is 2. The minimum atomic E-state index is -1.05. The number of aromatic nitrogens is 2. The number of fused-ring (bicyclic) bond motifs is 1. The molecule has 1 aliphatic heterocycles. The summed E-state index contributed by atoms with van der Waals surface area (Å²) >= 11 is 0. The average Bonchev–Trinajstić information content (AvgIpc) is 3.03. The summed E-state index contributed by atoms with van der Waals surface area (Å²) in [6.45, 7) is 0.0942. The lowest BCUT2D eigenvalue weighted by molar-refractivity contribution is -0.147. The van der Waals surface area contributed by atoms with Gasteiger partial charge in [-0.3, -0.25) is 4.79 Å². The molecule has 2 atom stereocenters. The normalized spacial score (nSPS) is 20.5. The predicted octanol–water partition coefficient (Wildman–Crippen LogP) is 0.0437. The Balaban J connectivity index is 1.70. The van der Waals surface area contributed by atoms with Gasteiger partial charge in [0.25, 0.3) is 5.91 Å². The van der Waals surface area contributed by atoms with Crippen LogP contribution in [0, 0.1) is 0 Å². The Morgan fingerprint density at radius 1 is 1.44 bits per heavy atom. The van der Waals surface area contributed by atoms with Gasteiger partial charge in [0.1, 0.15) is 19.0 Å². The van der Waals surface area contributed by atoms with Crippen molar-refractivity contribution in [3.63, 3.8) is 0 Å². The van der Waals surface area contributed by atoms with Crippen LogP contribution in [0.1, 0.15) is 22.6 Å². The smallest absolute Gasteiger partial charge is 0.329 e. The first kappa shape index (κ1) is 17.3. The number of hydrogen-bond donors (Lipinski definition) is 4. The molecule has 0 radical (unpaired) electrons. The highest BCUT2D eigenvalue weighted by atomic mass is 16.5. The SMILES string of the molecule is O=C(O)CO[C@@H]1CCOC[C@@H]1NC(=O)c1ccc2nc(CO)[nH]c2c1. The summed E-state index contributed by atoms with van der Waals surface area (Å²) < 4.78 is 10.7. The molecule has 1 aromatic heterocycles. The fourth-order valence-electron chi connectivity index (χ4n) is 2.76. The maximum Gasteiger partial charge on any atom is 0.329 e. The van der Waals surface area contributed by atoms with Crippen LogP contribution in [0.25, 0.3) is 11.0 Å². The van der Waals surface area contributed by atoms with E-state index in [1.54, 1.807) is 18.2 Å². The van der Waals surface area contributed by atoms with Gasteiger partial charge in [0.15, 0.2) is 0 Å². The molecule has 134 valence electrons. The summed E-state index contributed by atoms with van der Waals surface area (Å²) in [6, 6.07) is 4.55. The molecule has 2 heterocycles. The quantitative estimate of drug-likeness (QED) is 0.579. The molecule has 9 heteroatoms. The molecular formula is C16H19N3O6. The zero-order chi connectivity index (χ0) is 17.8. The van der Waals surface area contributed by atoms with Crippen molar-refractivity contribution in [1.82, 2.24) is 15.3 Å². The Kier molecular flexibility index (Phi) is 5.27. The van der Waals surface area contributed by atoms with Gasteiger partial charge in [-0.25, -0.2) is 9.78 Å². The molecule has 1 aromatic carbocycles. The maximum absolute atomic E-state index is 12.5. The molecule has 9 nitrogen and oxygen atoms in total. The summed E-state index contributed by atoms with van der Waals surface area (Å²) in [7, 11) is 0. The molecule has 1 fully saturated rings. The van der Waals surface area contributed by atoms with Crippen LogP contribution in [0.4, 0.5) is 0 Å². The number of carboxylic acids is 1. The Labute approximate surface area is 143 Å². The van der Waals surface area contributed by atoms with Crippen molar-refractivity contribution < 1.29 is 29.3 Å². The topological polar surface area (TPSA) is 134 Å². The zero-order valence-electron chi connectivity index (χ0n) is 13.4. The van der Waals surface area contributed by atoms with E-state index in [4.69, 9.17) is 19.7 Å². The second kappa shape index (κ2) is 7.60. The van der Waals surface area contributed by atoms with E-state index in [9.17, 15) is 9.59 Å². The number of carboxylic acid groups (broad SMARTS) is 1. The monoisotopic (exact) mass is 349 g/mol. The number of imidazole rings is 1. The Hall–Kier alpha value is -2.49. The van der Waals surface area contributed by atoms with E-state index in [2.05, 4.69) is 15.3 Å². The van der Waals surface area contributed by atoms with Crippen LogP contribution in [0.15, 0.2) is 18.2 Å². The average molecular weight is 349 g/mol. The van der Waals surface area contributed by atoms with E-state index in [-0.39, 0.29) is 19.1 Å². The number of rotatable bonds is 6. The number of nitrogens with zero attached hydrogens (tertiary/aromatic N) is 1. The maximum atomic E-state index is 12.5. The second-order valence-corrected chi connectivity index (χ2v) is 5.76. The molecule has 0 aliphatic carbocycles. The Morgan fingerprint density at radius 3 is 3.04 bits per heavy atom. The van der Waals surface area contributed by atoms with Gasteiger partial charge in [0.2, 0.25) is 0 Å². The molecule has 3 rings (SSSR count). The van der Waals surface area contributed by atoms with Crippen LogP contribution in [0.3, 0.4) is 0 Å². The van der Waals surface area contributed by atoms with Crippen LogP contribution in [-0.4, -0.2) is 64.0 Å². The van der Waals surface area contributed by atoms with Crippen molar-refractivity contribution in [2.24, 2.45) is 0 Å². The molecule has 1 saturated heterocycles. The first-order chi connectivity index (χ1) is 12.1. The van der Waals surface area contributed by atoms with Crippen molar-refractivity contribution in [2.45, 2.75) is 25.2 Å². The third-order valence-corrected chi connectivity index (χ3v) is 3.97. The van der Waals surface area contributed by atoms with Crippen LogP contribution in [-0.2, 0) is 20.9 Å². The van der Waals surface area contributed by atoms with Crippen LogP contribution < -0.4 is 5.32 Å². The van der Waals surface area contributed by atoms with E-state index in [0.29, 0.717) is 35.4 Å². The minimum Gasteiger partial charge on any atom is -0.480 e. The van der Waals surface area contributed by atoms with Crippen LogP contribution >= 0.6 is 0 Å². The lowest BCUT2D eigenvalue weighted by Gasteiger charge is -2.31. The van der Waals surface area contributed by atoms with Crippen LogP contribution in [0.2, 0.25) is 0 Å². The number of nitrogens with one attached hydrogen (secondary N) is 2. The lowest BCUT2D eigenvalue weighted by Crippen LogP contribution is -2.51. The number of amides is 1. The van der Waals surface area contributed by atoms with E-state index in [0.717, 1.165) is 0 Å². The minimum absolute atomic E-state index is 0.210. The molecule has 0 saturated carbocycles. The molecule has 0 unspecified atom stereocenters. The number of benzene rings is 1. The number of aliphatic hydroxyl groups is 1. The summed E-state index contributed by atoms with van der Waals surface area (Å²) in [5, 5.41) is 20.7. The molecule has 2 aromatic rings. The third-order valence-electron chi connectivity index (χ3n) is 3.97. The highest BCUT2D eigenvalue weighted by Gasteiger charge is 2.29. The second-order valence-electron chi connectivity index (χ2n) is 5.76. The fraction of sp³-hybridized carbons (Fsp3) is 0.438. The molecule has 0 bridgehead atoms. The third kappa shape index (κ3) is 4.13. The van der Waals surface area contributed by atoms with Gasteiger partial charge < -0.3 is 30.0 Å². The summed E-state index contributed by atoms with van der Waals surface area (Å²) in [6.07, 6.45) is 0.100. The van der Waals surface area contributed by atoms with Crippen molar-refractivity contribution in [3.8, 4) is 0 Å². The van der Waals surface area contributed by atoms with Gasteiger partial charge in [-0.2, -0.15) is 0 Å². The number of aliphatic carboxylic acids is 1. The highest BCUT2D eigenvalue weighted by Crippen LogP contribution is 2.16. The molecule has 0 spiro atoms. The van der Waals surface area contributed by atoms with Crippen molar-refractivity contribution in [1.29, 1.82) is 0 Å². The van der Waals surface area contributed by atoms with Gasteiger partial charge >= 0.3 is 5.97 Å². The van der Waals surface area contributed by atoms with Gasteiger partial charge in [-0.15, -0.1) is 0 Å². The number of aromatic amines is 1. The number of carbonyl (C=O) groups excluding carboxylic acids is 1. The van der Waals surface area contributed by atoms with Gasteiger partial charge in [-0.05, 0) is 24.6 Å². The van der Waals surface area contributed by atoms with Gasteiger partial charge in [0.05, 0.1) is 29.8 Å². The fourth-order valence-corrected chi connectivity index (χ4v) is 2.76. The predicted molar refractivity (Wildman–Crippen MR) is 86.1 cm³/mol. The first-order valence-corrected chi connectivity index (χ1v) is 7.88. The molecule has 4 N–H and O–H groups in total. The Bertz CT molecular complexity index is 774. The summed E-state index contributed by atoms with van der Waals surface area (Å²) in [5.41, 5.74) is 1.72. The number of H-pyrrole nitrogens is 1. The van der Waals surface area contributed by atoms with Gasteiger partial charge in [0, 0.05) is 12.2 Å². The number of hydrogen-bond acceptors (Lipinski definition) is 6. The van der Waals surface area contributed by atoms with Crippen molar-refractivity contribution in [3.05, 3.63) is 29.6 Å². The van der Waals surface area contributed by atoms with E-state index >= 15 is 0 Å². The molecular weight excluding hydrogens is 330 g/mol. The Morgan fingerprint density at radius 2 is 2.28 bits per heavy atom. The first-order valence-electron chi connectivity index (χ1n) is 7.88. The van der Waals surface area contributed by atoms with Crippen LogP contribution in [0.5, 0.6) is 0 Å². The molecule has 1 aliphatic rings. The summed E-state index contributed by atoms with van der Waals surface area (Å²) in [5.74, 6) is -0.946. The van der Waals surface area contributed by atoms with Gasteiger partial charge in [-0.1, -0.05) is 0 Å². The van der Waals surface area contributed by atoms with E-state index in [1.165, 1.54) is 0 Å². The largest absolute Gasteiger partial charge is 0.480 e. The summed E-state index contributed by atoms with van der Waals surface area (Å²) in [4.78, 5) is 30.3. The van der Waals surface area contributed by atoms with E-state index < -0.39 is 24.7 Å². The molecule has 25 heavy (non-hydrogen) atoms. The van der Waals surface area contributed by atoms with Crippen molar-refractivity contribution in [2.75, 3.05) is 19.8 Å². The lowest BCUT2D eigenvalue weighted by atomic mass is 10.1. The zero-order valence-corrected chi connectivity index (χ0v) is 13.4. The molecule has 1 amide bonds. The number of aliphatic hydroxyl groups excluding tert-OH is 1. The highest BCUT2D eigenvalue weighted by molar-refractivity contribution is 5.97. The van der Waals surface area contributed by atoms with Crippen molar-refractivity contribution >= 4 is 22.9 Å². The van der Waals surface area contributed by atoms with E-state index in [1.807, 2.05) is 0 Å². The number of carbonyl (C=O) groups is 2. The standard InChI is InChI=1S/C16H19N3O6/c20-6-14-17-10-2-1-9(5-11(10)18-14)16(23)19-12-7-24-4-3-13(12)25-8-15(21)22/h1-2,5,12-13,20H,3-4,6-8H2,(H,17,18)(H,19,23)(H,21,22)/t12-,13+/m0/s1.